The molecule has 0 radical (unpaired) electrons. The molecule has 66 valence electrons. The van der Waals surface area contributed by atoms with E-state index in [2.05, 4.69) is 4.98 Å². The van der Waals surface area contributed by atoms with Crippen LogP contribution >= 0.6 is 0 Å². The maximum atomic E-state index is 11.0. The van der Waals surface area contributed by atoms with Gasteiger partial charge in [-0.3, -0.25) is 9.78 Å². The van der Waals surface area contributed by atoms with Crippen LogP contribution in [-0.4, -0.2) is 10.9 Å². The molecule has 4 heteroatoms. The molecule has 1 amide bonds. The molecule has 2 aromatic rings. The Hall–Kier alpha value is -1.84. The summed E-state index contributed by atoms with van der Waals surface area (Å²) in [7, 11) is 0. The molecule has 0 fully saturated rings. The Balaban J connectivity index is 2.86. The lowest BCUT2D eigenvalue weighted by atomic mass is 10.1. The second-order valence-electron chi connectivity index (χ2n) is 2.77. The lowest BCUT2D eigenvalue weighted by molar-refractivity contribution is 0.1000. The molecule has 0 spiro atoms. The lowest BCUT2D eigenvalue weighted by Gasteiger charge is -1.90. The molecule has 2 heterocycles. The highest BCUT2D eigenvalue weighted by atomic mass is 16.3. The van der Waals surface area contributed by atoms with E-state index in [1.165, 1.54) is 0 Å². The summed E-state index contributed by atoms with van der Waals surface area (Å²) in [5.74, 6) is 0.0675. The molecule has 0 saturated carbocycles. The van der Waals surface area contributed by atoms with Crippen molar-refractivity contribution in [2.75, 3.05) is 0 Å². The summed E-state index contributed by atoms with van der Waals surface area (Å²) in [6, 6.07) is 1.71. The SMILES string of the molecule is Cc1oc2cnccc2c1C(N)=O. The average Bonchev–Trinajstić information content (AvgIpc) is 2.39. The number of rotatable bonds is 1. The van der Waals surface area contributed by atoms with Gasteiger partial charge in [-0.05, 0) is 13.0 Å². The molecule has 0 aliphatic rings. The molecule has 0 aliphatic heterocycles. The number of aromatic nitrogens is 1. The van der Waals surface area contributed by atoms with Gasteiger partial charge in [0, 0.05) is 11.6 Å². The van der Waals surface area contributed by atoms with Gasteiger partial charge in [0.2, 0.25) is 0 Å². The van der Waals surface area contributed by atoms with Gasteiger partial charge < -0.3 is 10.2 Å². The van der Waals surface area contributed by atoms with E-state index in [1.807, 2.05) is 0 Å². The molecule has 0 bridgehead atoms. The number of aryl methyl sites for hydroxylation is 1. The van der Waals surface area contributed by atoms with Crippen molar-refractivity contribution in [2.45, 2.75) is 6.92 Å². The quantitative estimate of drug-likeness (QED) is 0.710. The monoisotopic (exact) mass is 176 g/mol. The molecule has 2 aromatic heterocycles. The Morgan fingerprint density at radius 2 is 2.38 bits per heavy atom. The second kappa shape index (κ2) is 2.58. The number of carbonyl (C=O) groups is 1. The first-order valence-corrected chi connectivity index (χ1v) is 3.83. The van der Waals surface area contributed by atoms with Crippen molar-refractivity contribution in [2.24, 2.45) is 5.73 Å². The third-order valence-electron chi connectivity index (χ3n) is 1.92. The largest absolute Gasteiger partial charge is 0.459 e. The average molecular weight is 176 g/mol. The number of fused-ring (bicyclic) bond motifs is 1. The van der Waals surface area contributed by atoms with Crippen molar-refractivity contribution in [3.63, 3.8) is 0 Å². The minimum Gasteiger partial charge on any atom is -0.459 e. The molecular weight excluding hydrogens is 168 g/mol. The fourth-order valence-electron chi connectivity index (χ4n) is 1.38. The smallest absolute Gasteiger partial charge is 0.252 e. The third kappa shape index (κ3) is 1.07. The number of hydrogen-bond donors (Lipinski definition) is 1. The maximum absolute atomic E-state index is 11.0. The minimum absolute atomic E-state index is 0.442. The minimum atomic E-state index is -0.470. The Bertz CT molecular complexity index is 473. The van der Waals surface area contributed by atoms with Crippen LogP contribution in [0.4, 0.5) is 0 Å². The van der Waals surface area contributed by atoms with Gasteiger partial charge in [0.05, 0.1) is 11.8 Å². The van der Waals surface area contributed by atoms with Crippen LogP contribution < -0.4 is 5.73 Å². The number of primary amides is 1. The number of nitrogens with two attached hydrogens (primary N) is 1. The zero-order valence-corrected chi connectivity index (χ0v) is 7.07. The van der Waals surface area contributed by atoms with Gasteiger partial charge in [0.15, 0.2) is 5.58 Å². The topological polar surface area (TPSA) is 69.1 Å². The number of pyridine rings is 1. The summed E-state index contributed by atoms with van der Waals surface area (Å²) in [5.41, 5.74) is 6.24. The van der Waals surface area contributed by atoms with Crippen LogP contribution in [0.1, 0.15) is 16.1 Å². The van der Waals surface area contributed by atoms with Gasteiger partial charge in [0.1, 0.15) is 5.76 Å². The Morgan fingerprint density at radius 1 is 1.62 bits per heavy atom. The fraction of sp³-hybridized carbons (Fsp3) is 0.111. The van der Waals surface area contributed by atoms with Gasteiger partial charge in [-0.25, -0.2) is 0 Å². The Morgan fingerprint density at radius 3 is 3.08 bits per heavy atom. The molecule has 2 N–H and O–H groups in total. The first-order valence-electron chi connectivity index (χ1n) is 3.83. The third-order valence-corrected chi connectivity index (χ3v) is 1.92. The summed E-state index contributed by atoms with van der Waals surface area (Å²) in [5, 5.41) is 0.722. The zero-order valence-electron chi connectivity index (χ0n) is 7.07. The highest BCUT2D eigenvalue weighted by Gasteiger charge is 2.14. The van der Waals surface area contributed by atoms with E-state index in [1.54, 1.807) is 25.4 Å². The molecule has 0 aliphatic carbocycles. The van der Waals surface area contributed by atoms with Crippen LogP contribution in [0.5, 0.6) is 0 Å². The van der Waals surface area contributed by atoms with Gasteiger partial charge in [0.25, 0.3) is 5.91 Å². The van der Waals surface area contributed by atoms with Crippen molar-refractivity contribution in [1.29, 1.82) is 0 Å². The van der Waals surface area contributed by atoms with Crippen LogP contribution in [0.2, 0.25) is 0 Å². The van der Waals surface area contributed by atoms with E-state index in [-0.39, 0.29) is 0 Å². The van der Waals surface area contributed by atoms with Crippen LogP contribution in [0, 0.1) is 6.92 Å². The molecule has 0 aromatic carbocycles. The molecular formula is C9H8N2O2. The normalized spacial score (nSPS) is 10.5. The summed E-state index contributed by atoms with van der Waals surface area (Å²) < 4.78 is 5.30. The number of amides is 1. The van der Waals surface area contributed by atoms with Gasteiger partial charge in [-0.15, -0.1) is 0 Å². The van der Waals surface area contributed by atoms with Gasteiger partial charge in [-0.1, -0.05) is 0 Å². The van der Waals surface area contributed by atoms with E-state index in [4.69, 9.17) is 10.2 Å². The number of nitrogens with zero attached hydrogens (tertiary/aromatic N) is 1. The zero-order chi connectivity index (χ0) is 9.42. The first-order chi connectivity index (χ1) is 6.20. The number of carbonyl (C=O) groups excluding carboxylic acids is 1. The van der Waals surface area contributed by atoms with Crippen LogP contribution in [-0.2, 0) is 0 Å². The van der Waals surface area contributed by atoms with E-state index in [0.717, 1.165) is 5.39 Å². The van der Waals surface area contributed by atoms with E-state index in [0.29, 0.717) is 16.9 Å². The van der Waals surface area contributed by atoms with Crippen LogP contribution in [0.25, 0.3) is 11.0 Å². The summed E-state index contributed by atoms with van der Waals surface area (Å²) >= 11 is 0. The van der Waals surface area contributed by atoms with E-state index >= 15 is 0 Å². The van der Waals surface area contributed by atoms with E-state index in [9.17, 15) is 4.79 Å². The van der Waals surface area contributed by atoms with Crippen molar-refractivity contribution < 1.29 is 9.21 Å². The molecule has 4 nitrogen and oxygen atoms in total. The van der Waals surface area contributed by atoms with Crippen LogP contribution in [0.15, 0.2) is 22.9 Å². The lowest BCUT2D eigenvalue weighted by Crippen LogP contribution is -2.11. The molecule has 0 atom stereocenters. The highest BCUT2D eigenvalue weighted by Crippen LogP contribution is 2.23. The highest BCUT2D eigenvalue weighted by molar-refractivity contribution is 6.06. The summed E-state index contributed by atoms with van der Waals surface area (Å²) in [6.45, 7) is 1.71. The van der Waals surface area contributed by atoms with Gasteiger partial charge >= 0.3 is 0 Å². The predicted molar refractivity (Wildman–Crippen MR) is 47.3 cm³/mol. The van der Waals surface area contributed by atoms with Crippen molar-refractivity contribution in [3.05, 3.63) is 29.8 Å². The molecule has 0 saturated heterocycles. The standard InChI is InChI=1S/C9H8N2O2/c1-5-8(9(10)12)6-2-3-11-4-7(6)13-5/h2-4H,1H3,(H2,10,12). The molecule has 13 heavy (non-hydrogen) atoms. The fourth-order valence-corrected chi connectivity index (χ4v) is 1.38. The van der Waals surface area contributed by atoms with E-state index < -0.39 is 5.91 Å². The van der Waals surface area contributed by atoms with Crippen molar-refractivity contribution in [1.82, 2.24) is 4.98 Å². The Kier molecular flexibility index (Phi) is 1.55. The Labute approximate surface area is 74.4 Å². The van der Waals surface area contributed by atoms with Crippen molar-refractivity contribution in [3.8, 4) is 0 Å². The predicted octanol–water partition coefficient (Wildman–Crippen LogP) is 1.24. The molecule has 0 unspecified atom stereocenters. The molecule has 2 rings (SSSR count). The van der Waals surface area contributed by atoms with Crippen LogP contribution in [0.3, 0.4) is 0 Å². The van der Waals surface area contributed by atoms with Crippen molar-refractivity contribution >= 4 is 16.9 Å². The second-order valence-corrected chi connectivity index (χ2v) is 2.77. The maximum Gasteiger partial charge on any atom is 0.252 e. The first kappa shape index (κ1) is 7.79. The summed E-state index contributed by atoms with van der Waals surface area (Å²) in [4.78, 5) is 14.9. The number of furan rings is 1. The number of hydrogen-bond acceptors (Lipinski definition) is 3. The summed E-state index contributed by atoms with van der Waals surface area (Å²) in [6.07, 6.45) is 3.17. The van der Waals surface area contributed by atoms with Gasteiger partial charge in [-0.2, -0.15) is 0 Å².